The number of nitrogens with two attached hydrogens (primary N) is 1. The van der Waals surface area contributed by atoms with Crippen LogP contribution >= 0.6 is 11.8 Å². The summed E-state index contributed by atoms with van der Waals surface area (Å²) in [5.41, 5.74) is 4.16. The van der Waals surface area contributed by atoms with Gasteiger partial charge in [-0.25, -0.2) is 9.89 Å². The maximum Gasteiger partial charge on any atom is 0.344 e. The van der Waals surface area contributed by atoms with Crippen LogP contribution < -0.4 is 11.4 Å². The number of aromatic nitrogens is 3. The number of thioether (sulfide) groups is 1. The van der Waals surface area contributed by atoms with E-state index >= 15 is 0 Å². The number of aliphatic carboxylic acids is 1. The van der Waals surface area contributed by atoms with Crippen molar-refractivity contribution in [1.82, 2.24) is 14.8 Å². The summed E-state index contributed by atoms with van der Waals surface area (Å²) in [5, 5.41) is 15.8. The summed E-state index contributed by atoms with van der Waals surface area (Å²) < 4.78 is 1.54. The lowest BCUT2D eigenvalue weighted by Gasteiger charge is -2.23. The molecule has 0 radical (unpaired) electrons. The fourth-order valence-corrected chi connectivity index (χ4v) is 3.03. The summed E-state index contributed by atoms with van der Waals surface area (Å²) in [6.07, 6.45) is 0.284. The Labute approximate surface area is 115 Å². The third-order valence-electron chi connectivity index (χ3n) is 2.70. The molecule has 0 amide bonds. The summed E-state index contributed by atoms with van der Waals surface area (Å²) >= 11 is 1.34. The molecule has 7 nitrogen and oxygen atoms in total. The number of hydrogen-bond acceptors (Lipinski definition) is 5. The minimum Gasteiger partial charge on any atom is -0.480 e. The molecule has 1 aromatic rings. The molecule has 1 rings (SSSR count). The predicted molar refractivity (Wildman–Crippen MR) is 73.4 cm³/mol. The number of hydrogen-bond donors (Lipinski definition) is 3. The van der Waals surface area contributed by atoms with E-state index in [1.54, 1.807) is 0 Å². The molecule has 0 bridgehead atoms. The van der Waals surface area contributed by atoms with Crippen LogP contribution in [0.5, 0.6) is 0 Å². The molecule has 0 aliphatic rings. The molecule has 1 aromatic heterocycles. The van der Waals surface area contributed by atoms with E-state index in [0.717, 1.165) is 0 Å². The molecule has 0 fully saturated rings. The van der Waals surface area contributed by atoms with E-state index < -0.39 is 11.5 Å². The van der Waals surface area contributed by atoms with Gasteiger partial charge in [0.2, 0.25) is 0 Å². The Morgan fingerprint density at radius 3 is 2.63 bits per heavy atom. The predicted octanol–water partition coefficient (Wildman–Crippen LogP) is 0.825. The number of carbonyl (C=O) groups is 1. The second kappa shape index (κ2) is 5.79. The van der Waals surface area contributed by atoms with Gasteiger partial charge in [0.15, 0.2) is 5.16 Å². The zero-order chi connectivity index (χ0) is 14.8. The van der Waals surface area contributed by atoms with E-state index in [1.165, 1.54) is 23.3 Å². The Morgan fingerprint density at radius 1 is 1.58 bits per heavy atom. The number of H-pyrrole nitrogens is 1. The molecule has 8 heteroatoms. The molecule has 0 saturated carbocycles. The van der Waals surface area contributed by atoms with E-state index in [9.17, 15) is 9.59 Å². The molecule has 0 aromatic carbocycles. The summed E-state index contributed by atoms with van der Waals surface area (Å²) in [4.78, 5) is 22.5. The van der Waals surface area contributed by atoms with Crippen LogP contribution in [0.15, 0.2) is 9.95 Å². The molecule has 0 spiro atoms. The molecular weight excluding hydrogens is 268 g/mol. The van der Waals surface area contributed by atoms with Crippen molar-refractivity contribution >= 4 is 17.7 Å². The number of carboxylic acids is 1. The average molecular weight is 288 g/mol. The molecular formula is C11H20N4O3S. The van der Waals surface area contributed by atoms with Crippen molar-refractivity contribution in [3.05, 3.63) is 10.5 Å². The first-order valence-corrected chi connectivity index (χ1v) is 6.89. The van der Waals surface area contributed by atoms with Gasteiger partial charge in [-0.3, -0.25) is 9.36 Å². The Morgan fingerprint density at radius 2 is 2.16 bits per heavy atom. The second-order valence-corrected chi connectivity index (χ2v) is 6.54. The van der Waals surface area contributed by atoms with Crippen LogP contribution in [0, 0.1) is 0 Å². The highest BCUT2D eigenvalue weighted by Crippen LogP contribution is 2.27. The maximum absolute atomic E-state index is 11.6. The third kappa shape index (κ3) is 3.84. The fraction of sp³-hybridized carbons (Fsp3) is 0.727. The van der Waals surface area contributed by atoms with Gasteiger partial charge in [0, 0.05) is 11.3 Å². The largest absolute Gasteiger partial charge is 0.480 e. The van der Waals surface area contributed by atoms with Crippen molar-refractivity contribution in [3.63, 3.8) is 0 Å². The van der Waals surface area contributed by atoms with Crippen LogP contribution in [0.1, 0.15) is 40.2 Å². The van der Waals surface area contributed by atoms with Gasteiger partial charge in [-0.1, -0.05) is 18.7 Å². The number of carboxylic acid groups (broad SMARTS) is 1. The Kier molecular flexibility index (Phi) is 4.81. The Bertz CT molecular complexity index is 506. The van der Waals surface area contributed by atoms with E-state index in [2.05, 4.69) is 10.2 Å². The number of nitrogens with one attached hydrogen (secondary N) is 1. The first-order valence-electron chi connectivity index (χ1n) is 6.01. The molecule has 2 atom stereocenters. The highest BCUT2D eigenvalue weighted by molar-refractivity contribution is 7.99. The quantitative estimate of drug-likeness (QED) is 0.668. The van der Waals surface area contributed by atoms with Crippen molar-refractivity contribution in [1.29, 1.82) is 0 Å². The highest BCUT2D eigenvalue weighted by Gasteiger charge is 2.31. The lowest BCUT2D eigenvalue weighted by Crippen LogP contribution is -2.46. The van der Waals surface area contributed by atoms with E-state index in [-0.39, 0.29) is 23.4 Å². The average Bonchev–Trinajstić information content (AvgIpc) is 2.58. The number of nitrogens with zero attached hydrogens (tertiary/aromatic N) is 2. The first kappa shape index (κ1) is 15.8. The second-order valence-electron chi connectivity index (χ2n) is 5.13. The van der Waals surface area contributed by atoms with Crippen molar-refractivity contribution < 1.29 is 9.90 Å². The van der Waals surface area contributed by atoms with Crippen molar-refractivity contribution in [2.75, 3.05) is 0 Å². The summed E-state index contributed by atoms with van der Waals surface area (Å²) in [6.45, 7) is 7.11. The van der Waals surface area contributed by atoms with Gasteiger partial charge in [-0.05, 0) is 27.2 Å². The van der Waals surface area contributed by atoms with E-state index in [4.69, 9.17) is 10.8 Å². The molecule has 108 valence electrons. The third-order valence-corrected chi connectivity index (χ3v) is 3.76. The lowest BCUT2D eigenvalue weighted by molar-refractivity contribution is -0.142. The normalized spacial score (nSPS) is 16.3. The van der Waals surface area contributed by atoms with Gasteiger partial charge in [-0.2, -0.15) is 0 Å². The van der Waals surface area contributed by atoms with Gasteiger partial charge in [-0.15, -0.1) is 5.10 Å². The zero-order valence-electron chi connectivity index (χ0n) is 11.5. The van der Waals surface area contributed by atoms with Gasteiger partial charge in [0.05, 0.1) is 0 Å². The molecule has 4 N–H and O–H groups in total. The minimum absolute atomic E-state index is 0.00955. The van der Waals surface area contributed by atoms with Crippen LogP contribution in [0.4, 0.5) is 0 Å². The monoisotopic (exact) mass is 288 g/mol. The van der Waals surface area contributed by atoms with Crippen LogP contribution in [0.25, 0.3) is 0 Å². The Hall–Kier alpha value is -1.28. The van der Waals surface area contributed by atoms with Crippen molar-refractivity contribution in [3.8, 4) is 0 Å². The molecule has 1 heterocycles. The van der Waals surface area contributed by atoms with Crippen LogP contribution in [-0.2, 0) is 4.79 Å². The van der Waals surface area contributed by atoms with Crippen molar-refractivity contribution in [2.24, 2.45) is 5.73 Å². The van der Waals surface area contributed by atoms with Gasteiger partial charge in [0.1, 0.15) is 5.54 Å². The minimum atomic E-state index is -1.29. The standard InChI is InChI=1S/C11H20N4O3S/c1-6(2)15-9(18)13-14-10(15)19-7(3)5-11(4,12)8(16)17/h6-7H,5,12H2,1-4H3,(H,13,18)(H,16,17). The number of aromatic amines is 1. The van der Waals surface area contributed by atoms with E-state index in [1.807, 2.05) is 20.8 Å². The molecule has 2 unspecified atom stereocenters. The van der Waals surface area contributed by atoms with E-state index in [0.29, 0.717) is 5.16 Å². The van der Waals surface area contributed by atoms with Crippen LogP contribution in [-0.4, -0.2) is 36.6 Å². The SMILES string of the molecule is CC(CC(C)(N)C(=O)O)Sc1n[nH]c(=O)n1C(C)C. The van der Waals surface area contributed by atoms with Gasteiger partial charge in [0.25, 0.3) is 0 Å². The maximum atomic E-state index is 11.6. The topological polar surface area (TPSA) is 114 Å². The summed E-state index contributed by atoms with van der Waals surface area (Å²) in [5.74, 6) is -1.04. The zero-order valence-corrected chi connectivity index (χ0v) is 12.3. The molecule has 19 heavy (non-hydrogen) atoms. The Balaban J connectivity index is 2.81. The smallest absolute Gasteiger partial charge is 0.344 e. The summed E-state index contributed by atoms with van der Waals surface area (Å²) in [6, 6.07) is -0.00955. The number of rotatable bonds is 6. The van der Waals surface area contributed by atoms with Gasteiger partial charge >= 0.3 is 11.7 Å². The molecule has 0 aliphatic heterocycles. The van der Waals surface area contributed by atoms with Crippen LogP contribution in [0.3, 0.4) is 0 Å². The fourth-order valence-electron chi connectivity index (χ4n) is 1.73. The highest BCUT2D eigenvalue weighted by atomic mass is 32.2. The van der Waals surface area contributed by atoms with Crippen LogP contribution in [0.2, 0.25) is 0 Å². The van der Waals surface area contributed by atoms with Crippen molar-refractivity contribution in [2.45, 2.75) is 56.1 Å². The van der Waals surface area contributed by atoms with Gasteiger partial charge < -0.3 is 10.8 Å². The lowest BCUT2D eigenvalue weighted by atomic mass is 9.98. The molecule has 0 aliphatic carbocycles. The summed E-state index contributed by atoms with van der Waals surface area (Å²) in [7, 11) is 0. The first-order chi connectivity index (χ1) is 8.65. The molecule has 0 saturated heterocycles.